The lowest BCUT2D eigenvalue weighted by Crippen LogP contribution is -2.25. The lowest BCUT2D eigenvalue weighted by atomic mass is 10.1. The highest BCUT2D eigenvalue weighted by atomic mass is 79.9. The number of aromatic nitrogens is 2. The molecular weight excluding hydrogens is 496 g/mol. The number of carbonyl (C=O) groups excluding carboxylic acids is 1. The first kappa shape index (κ1) is 24.3. The molecule has 2 aromatic carbocycles. The fourth-order valence-corrected chi connectivity index (χ4v) is 4.76. The van der Waals surface area contributed by atoms with E-state index in [1.807, 2.05) is 54.2 Å². The van der Waals surface area contributed by atoms with Gasteiger partial charge >= 0.3 is 0 Å². The topological polar surface area (TPSA) is 68.6 Å². The van der Waals surface area contributed by atoms with Crippen molar-refractivity contribution in [2.24, 2.45) is 7.05 Å². The number of rotatable bonds is 10. The van der Waals surface area contributed by atoms with E-state index >= 15 is 0 Å². The highest BCUT2D eigenvalue weighted by Gasteiger charge is 2.17. The molecule has 1 amide bonds. The van der Waals surface area contributed by atoms with Gasteiger partial charge in [-0.1, -0.05) is 12.1 Å². The second-order valence-corrected chi connectivity index (χ2v) is 9.32. The summed E-state index contributed by atoms with van der Waals surface area (Å²) < 4.78 is 14.1. The number of halogens is 1. The number of nitrogens with one attached hydrogen (secondary N) is 1. The van der Waals surface area contributed by atoms with Crippen molar-refractivity contribution in [3.8, 4) is 22.8 Å². The first-order valence-electron chi connectivity index (χ1n) is 11.6. The molecule has 0 unspecified atom stereocenters. The number of hydrogen-bond acceptors (Lipinski definition) is 5. The summed E-state index contributed by atoms with van der Waals surface area (Å²) in [5.74, 6) is 1.55. The fraction of sp³-hybridized carbons (Fsp3) is 0.385. The van der Waals surface area contributed by atoms with E-state index in [4.69, 9.17) is 9.47 Å². The van der Waals surface area contributed by atoms with Gasteiger partial charge in [-0.2, -0.15) is 5.10 Å². The van der Waals surface area contributed by atoms with Crippen molar-refractivity contribution in [3.63, 3.8) is 0 Å². The number of benzene rings is 2. The molecule has 2 heterocycles. The number of ether oxygens (including phenoxy) is 2. The number of hydrogen-bond donors (Lipinski definition) is 1. The van der Waals surface area contributed by atoms with Crippen LogP contribution in [0, 0.1) is 0 Å². The molecular formula is C26H31BrN4O3. The largest absolute Gasteiger partial charge is 0.497 e. The van der Waals surface area contributed by atoms with Crippen molar-refractivity contribution in [2.75, 3.05) is 38.7 Å². The van der Waals surface area contributed by atoms with Crippen LogP contribution >= 0.6 is 15.9 Å². The Bertz CT molecular complexity index is 1090. The van der Waals surface area contributed by atoms with Crippen molar-refractivity contribution >= 4 is 27.5 Å². The normalized spacial score (nSPS) is 13.7. The zero-order chi connectivity index (χ0) is 23.9. The van der Waals surface area contributed by atoms with Gasteiger partial charge in [0.15, 0.2) is 0 Å². The Morgan fingerprint density at radius 3 is 2.59 bits per heavy atom. The van der Waals surface area contributed by atoms with Gasteiger partial charge in [0.1, 0.15) is 18.1 Å². The Hall–Kier alpha value is -2.84. The second-order valence-electron chi connectivity index (χ2n) is 8.47. The van der Waals surface area contributed by atoms with E-state index in [1.165, 1.54) is 12.8 Å². The minimum Gasteiger partial charge on any atom is -0.497 e. The van der Waals surface area contributed by atoms with E-state index < -0.39 is 0 Å². The quantitative estimate of drug-likeness (QED) is 0.406. The van der Waals surface area contributed by atoms with Crippen LogP contribution in [0.1, 0.15) is 24.8 Å². The number of methoxy groups -OCH3 is 1. The third-order valence-corrected chi connectivity index (χ3v) is 6.66. The summed E-state index contributed by atoms with van der Waals surface area (Å²) in [4.78, 5) is 15.1. The third kappa shape index (κ3) is 6.18. The van der Waals surface area contributed by atoms with Gasteiger partial charge in [0.25, 0.3) is 0 Å². The average Bonchev–Trinajstić information content (AvgIpc) is 3.48. The first-order valence-corrected chi connectivity index (χ1v) is 12.4. The van der Waals surface area contributed by atoms with E-state index in [0.717, 1.165) is 58.1 Å². The molecule has 8 heteroatoms. The van der Waals surface area contributed by atoms with Crippen LogP contribution in [-0.4, -0.2) is 53.9 Å². The van der Waals surface area contributed by atoms with Crippen molar-refractivity contribution in [3.05, 3.63) is 58.7 Å². The van der Waals surface area contributed by atoms with Gasteiger partial charge in [0.2, 0.25) is 5.91 Å². The lowest BCUT2D eigenvalue weighted by molar-refractivity contribution is -0.116. The number of anilines is 1. The third-order valence-electron chi connectivity index (χ3n) is 6.08. The molecule has 0 saturated carbocycles. The standard InChI is InChI=1S/C26H31BrN4O3/c1-30-26(23(27)18-28-30)22-17-20(8-11-24(22)34-16-15-31-13-3-4-14-31)29-25(32)12-7-19-5-9-21(33-2)10-6-19/h5-6,8-11,17-18H,3-4,7,12-16H2,1-2H3,(H,29,32). The molecule has 0 spiro atoms. The summed E-state index contributed by atoms with van der Waals surface area (Å²) >= 11 is 3.60. The monoisotopic (exact) mass is 526 g/mol. The number of nitrogens with zero attached hydrogens (tertiary/aromatic N) is 3. The Morgan fingerprint density at radius 2 is 1.91 bits per heavy atom. The number of amides is 1. The number of aryl methyl sites for hydroxylation is 2. The molecule has 1 aromatic heterocycles. The smallest absolute Gasteiger partial charge is 0.224 e. The summed E-state index contributed by atoms with van der Waals surface area (Å²) in [7, 11) is 3.54. The van der Waals surface area contributed by atoms with E-state index in [0.29, 0.717) is 19.4 Å². The summed E-state index contributed by atoms with van der Waals surface area (Å²) in [6.45, 7) is 3.82. The zero-order valence-electron chi connectivity index (χ0n) is 19.7. The predicted molar refractivity (Wildman–Crippen MR) is 137 cm³/mol. The van der Waals surface area contributed by atoms with Crippen LogP contribution < -0.4 is 14.8 Å². The molecule has 4 rings (SSSR count). The molecule has 1 fully saturated rings. The molecule has 7 nitrogen and oxygen atoms in total. The van der Waals surface area contributed by atoms with Crippen molar-refractivity contribution in [2.45, 2.75) is 25.7 Å². The Labute approximate surface area is 209 Å². The first-order chi connectivity index (χ1) is 16.5. The van der Waals surface area contributed by atoms with Gasteiger partial charge in [-0.15, -0.1) is 0 Å². The highest BCUT2D eigenvalue weighted by Crippen LogP contribution is 2.36. The zero-order valence-corrected chi connectivity index (χ0v) is 21.3. The van der Waals surface area contributed by atoms with Gasteiger partial charge in [-0.05, 0) is 84.2 Å². The van der Waals surface area contributed by atoms with Crippen LogP contribution in [-0.2, 0) is 18.3 Å². The van der Waals surface area contributed by atoms with Crippen LogP contribution in [0.5, 0.6) is 11.5 Å². The van der Waals surface area contributed by atoms with Crippen LogP contribution in [0.4, 0.5) is 5.69 Å². The van der Waals surface area contributed by atoms with Crippen LogP contribution in [0.15, 0.2) is 53.1 Å². The van der Waals surface area contributed by atoms with Crippen molar-refractivity contribution in [1.29, 1.82) is 0 Å². The van der Waals surface area contributed by atoms with Crippen LogP contribution in [0.25, 0.3) is 11.3 Å². The Morgan fingerprint density at radius 1 is 1.15 bits per heavy atom. The molecule has 0 atom stereocenters. The Balaban J connectivity index is 1.44. The molecule has 3 aromatic rings. The molecule has 0 aliphatic carbocycles. The van der Waals surface area contributed by atoms with Gasteiger partial charge in [-0.25, -0.2) is 0 Å². The molecule has 0 bridgehead atoms. The molecule has 1 N–H and O–H groups in total. The summed E-state index contributed by atoms with van der Waals surface area (Å²) in [5, 5.41) is 7.38. The average molecular weight is 527 g/mol. The van der Waals surface area contributed by atoms with Crippen LogP contribution in [0.3, 0.4) is 0 Å². The Kier molecular flexibility index (Phi) is 8.24. The highest BCUT2D eigenvalue weighted by molar-refractivity contribution is 9.10. The van der Waals surface area contributed by atoms with Gasteiger partial charge in [-0.3, -0.25) is 14.4 Å². The fourth-order valence-electron chi connectivity index (χ4n) is 4.20. The van der Waals surface area contributed by atoms with Gasteiger partial charge < -0.3 is 14.8 Å². The molecule has 34 heavy (non-hydrogen) atoms. The van der Waals surface area contributed by atoms with Crippen molar-refractivity contribution < 1.29 is 14.3 Å². The number of likely N-dealkylation sites (tertiary alicyclic amines) is 1. The summed E-state index contributed by atoms with van der Waals surface area (Å²) in [5.41, 5.74) is 3.62. The van der Waals surface area contributed by atoms with E-state index in [1.54, 1.807) is 13.3 Å². The maximum absolute atomic E-state index is 12.6. The van der Waals surface area contributed by atoms with E-state index in [9.17, 15) is 4.79 Å². The molecule has 1 saturated heterocycles. The maximum Gasteiger partial charge on any atom is 0.224 e. The summed E-state index contributed by atoms with van der Waals surface area (Å²) in [6, 6.07) is 13.6. The number of carbonyl (C=O) groups is 1. The van der Waals surface area contributed by atoms with Gasteiger partial charge in [0.05, 0.1) is 23.5 Å². The minimum absolute atomic E-state index is 0.0338. The SMILES string of the molecule is COc1ccc(CCC(=O)Nc2ccc(OCCN3CCCC3)c(-c3c(Br)cnn3C)c2)cc1. The van der Waals surface area contributed by atoms with E-state index in [2.05, 4.69) is 31.2 Å². The minimum atomic E-state index is -0.0338. The molecule has 180 valence electrons. The molecule has 1 aliphatic rings. The molecule has 0 radical (unpaired) electrons. The van der Waals surface area contributed by atoms with E-state index in [-0.39, 0.29) is 5.91 Å². The van der Waals surface area contributed by atoms with Crippen molar-refractivity contribution in [1.82, 2.24) is 14.7 Å². The van der Waals surface area contributed by atoms with Gasteiger partial charge in [0, 0.05) is 31.3 Å². The predicted octanol–water partition coefficient (Wildman–Crippen LogP) is 4.90. The lowest BCUT2D eigenvalue weighted by Gasteiger charge is -2.18. The molecule has 1 aliphatic heterocycles. The van der Waals surface area contributed by atoms with Crippen LogP contribution in [0.2, 0.25) is 0 Å². The summed E-state index contributed by atoms with van der Waals surface area (Å²) in [6.07, 6.45) is 5.35. The second kappa shape index (κ2) is 11.5. The maximum atomic E-state index is 12.6.